The van der Waals surface area contributed by atoms with Gasteiger partial charge in [0, 0.05) is 4.47 Å². The van der Waals surface area contributed by atoms with Crippen LogP contribution < -0.4 is 24.4 Å². The Bertz CT molecular complexity index is 1430. The first-order valence-corrected chi connectivity index (χ1v) is 13.8. The predicted molar refractivity (Wildman–Crippen MR) is 160 cm³/mol. The number of hydrogen-bond acceptors (Lipinski definition) is 7. The first-order valence-electron chi connectivity index (χ1n) is 11.4. The summed E-state index contributed by atoms with van der Waals surface area (Å²) in [6, 6.07) is 17.6. The van der Waals surface area contributed by atoms with Crippen LogP contribution in [-0.2, 0) is 9.59 Å². The number of para-hydroxylation sites is 2. The number of thiocarbonyl (C=S) groups is 1. The number of anilines is 2. The highest BCUT2D eigenvalue weighted by molar-refractivity contribution is 9.10. The molecule has 0 saturated carbocycles. The zero-order chi connectivity index (χ0) is 27.2. The summed E-state index contributed by atoms with van der Waals surface area (Å²) >= 11 is 16.2. The van der Waals surface area contributed by atoms with Gasteiger partial charge in [0.1, 0.15) is 5.75 Å². The number of methoxy groups -OCH3 is 1. The maximum Gasteiger partial charge on any atom is 0.270 e. The molecule has 0 aliphatic carbocycles. The van der Waals surface area contributed by atoms with Crippen LogP contribution in [-0.4, -0.2) is 36.5 Å². The van der Waals surface area contributed by atoms with Gasteiger partial charge in [0.25, 0.3) is 11.8 Å². The SMILES string of the molecule is CCOc1cc(C=C2SC(=S)N(c3ccc(Br)c(Cl)c3)C2=O)ccc1OCC(=O)Nc1ccccc1OC. The van der Waals surface area contributed by atoms with Crippen molar-refractivity contribution in [3.8, 4) is 17.2 Å². The Morgan fingerprint density at radius 3 is 2.63 bits per heavy atom. The van der Waals surface area contributed by atoms with Gasteiger partial charge in [-0.1, -0.05) is 53.8 Å². The molecule has 0 bridgehead atoms. The van der Waals surface area contributed by atoms with Crippen LogP contribution in [0.25, 0.3) is 6.08 Å². The van der Waals surface area contributed by atoms with Gasteiger partial charge in [0.2, 0.25) is 0 Å². The van der Waals surface area contributed by atoms with Gasteiger partial charge in [0.05, 0.1) is 35.0 Å². The number of hydrogen-bond donors (Lipinski definition) is 1. The molecule has 0 atom stereocenters. The van der Waals surface area contributed by atoms with Crippen molar-refractivity contribution in [1.82, 2.24) is 0 Å². The molecule has 1 saturated heterocycles. The van der Waals surface area contributed by atoms with E-state index in [9.17, 15) is 9.59 Å². The number of nitrogens with zero attached hydrogens (tertiary/aromatic N) is 1. The van der Waals surface area contributed by atoms with Gasteiger partial charge in [-0.05, 0) is 77.0 Å². The van der Waals surface area contributed by atoms with Gasteiger partial charge in [0.15, 0.2) is 22.4 Å². The van der Waals surface area contributed by atoms with Gasteiger partial charge < -0.3 is 19.5 Å². The fraction of sp³-hybridized carbons (Fsp3) is 0.148. The number of rotatable bonds is 9. The third-order valence-corrected chi connectivity index (χ3v) is 7.79. The summed E-state index contributed by atoms with van der Waals surface area (Å²) in [5, 5.41) is 3.25. The lowest BCUT2D eigenvalue weighted by Crippen LogP contribution is -2.27. The van der Waals surface area contributed by atoms with E-state index >= 15 is 0 Å². The second-order valence-electron chi connectivity index (χ2n) is 7.79. The van der Waals surface area contributed by atoms with E-state index in [1.807, 2.05) is 13.0 Å². The van der Waals surface area contributed by atoms with Gasteiger partial charge in [-0.3, -0.25) is 14.5 Å². The van der Waals surface area contributed by atoms with E-state index < -0.39 is 0 Å². The lowest BCUT2D eigenvalue weighted by Gasteiger charge is -2.15. The van der Waals surface area contributed by atoms with Crippen LogP contribution in [0.2, 0.25) is 5.02 Å². The maximum absolute atomic E-state index is 13.2. The van der Waals surface area contributed by atoms with Crippen molar-refractivity contribution in [3.63, 3.8) is 0 Å². The van der Waals surface area contributed by atoms with Gasteiger partial charge >= 0.3 is 0 Å². The summed E-state index contributed by atoms with van der Waals surface area (Å²) in [5.74, 6) is 0.800. The average molecular weight is 634 g/mol. The van der Waals surface area contributed by atoms with Crippen molar-refractivity contribution in [1.29, 1.82) is 0 Å². The van der Waals surface area contributed by atoms with Crippen molar-refractivity contribution in [2.45, 2.75) is 6.92 Å². The zero-order valence-corrected chi connectivity index (χ0v) is 24.3. The molecule has 2 amide bonds. The molecule has 1 aliphatic rings. The summed E-state index contributed by atoms with van der Waals surface area (Å²) in [7, 11) is 1.53. The Labute approximate surface area is 243 Å². The van der Waals surface area contributed by atoms with E-state index in [-0.39, 0.29) is 18.4 Å². The number of benzene rings is 3. The molecule has 0 spiro atoms. The van der Waals surface area contributed by atoms with E-state index in [1.54, 1.807) is 60.7 Å². The largest absolute Gasteiger partial charge is 0.495 e. The van der Waals surface area contributed by atoms with Crippen LogP contribution in [0.3, 0.4) is 0 Å². The second kappa shape index (κ2) is 12.7. The zero-order valence-electron chi connectivity index (χ0n) is 20.3. The predicted octanol–water partition coefficient (Wildman–Crippen LogP) is 6.93. The Morgan fingerprint density at radius 1 is 1.11 bits per heavy atom. The minimum atomic E-state index is -0.349. The summed E-state index contributed by atoms with van der Waals surface area (Å²) in [6.45, 7) is 2.00. The number of thioether (sulfide) groups is 1. The molecule has 1 fully saturated rings. The molecule has 7 nitrogen and oxygen atoms in total. The molecule has 1 N–H and O–H groups in total. The van der Waals surface area contributed by atoms with Crippen LogP contribution in [0.15, 0.2) is 70.0 Å². The number of carbonyl (C=O) groups is 2. The fourth-order valence-electron chi connectivity index (χ4n) is 3.55. The summed E-state index contributed by atoms with van der Waals surface area (Å²) < 4.78 is 17.9. The van der Waals surface area contributed by atoms with E-state index in [4.69, 9.17) is 38.0 Å². The van der Waals surface area contributed by atoms with Crippen LogP contribution in [0.4, 0.5) is 11.4 Å². The third kappa shape index (κ3) is 6.50. The Kier molecular flexibility index (Phi) is 9.32. The Morgan fingerprint density at radius 2 is 1.89 bits per heavy atom. The lowest BCUT2D eigenvalue weighted by molar-refractivity contribution is -0.118. The van der Waals surface area contributed by atoms with E-state index in [0.717, 1.165) is 4.47 Å². The molecule has 0 unspecified atom stereocenters. The molecule has 1 heterocycles. The average Bonchev–Trinajstić information content (AvgIpc) is 3.18. The van der Waals surface area contributed by atoms with E-state index in [0.29, 0.717) is 55.0 Å². The third-order valence-electron chi connectivity index (χ3n) is 5.26. The highest BCUT2D eigenvalue weighted by Crippen LogP contribution is 2.39. The number of amides is 2. The molecular formula is C27H22BrClN2O5S2. The number of ether oxygens (including phenoxy) is 3. The van der Waals surface area contributed by atoms with Crippen molar-refractivity contribution in [2.75, 3.05) is 30.5 Å². The van der Waals surface area contributed by atoms with Crippen molar-refractivity contribution in [2.24, 2.45) is 0 Å². The molecule has 0 radical (unpaired) electrons. The van der Waals surface area contributed by atoms with Crippen LogP contribution in [0.1, 0.15) is 12.5 Å². The maximum atomic E-state index is 13.2. The molecular weight excluding hydrogens is 612 g/mol. The molecule has 4 rings (SSSR count). The summed E-state index contributed by atoms with van der Waals surface area (Å²) in [5.41, 5.74) is 1.86. The van der Waals surface area contributed by atoms with Crippen molar-refractivity contribution < 1.29 is 23.8 Å². The Balaban J connectivity index is 1.48. The highest BCUT2D eigenvalue weighted by Gasteiger charge is 2.33. The van der Waals surface area contributed by atoms with E-state index in [2.05, 4.69) is 21.2 Å². The molecule has 3 aromatic rings. The molecule has 0 aromatic heterocycles. The molecule has 1 aliphatic heterocycles. The van der Waals surface area contributed by atoms with Crippen LogP contribution in [0, 0.1) is 0 Å². The fourth-order valence-corrected chi connectivity index (χ4v) is 5.27. The minimum Gasteiger partial charge on any atom is -0.495 e. The van der Waals surface area contributed by atoms with Crippen LogP contribution in [0.5, 0.6) is 17.2 Å². The van der Waals surface area contributed by atoms with Crippen molar-refractivity contribution in [3.05, 3.63) is 80.6 Å². The summed E-state index contributed by atoms with van der Waals surface area (Å²) in [4.78, 5) is 27.5. The first kappa shape index (κ1) is 28.0. The molecule has 3 aromatic carbocycles. The standard InChI is InChI=1S/C27H22BrClN2O5S2/c1-3-35-23-12-16(8-11-22(23)36-15-25(32)30-20-6-4-5-7-21(20)34-2)13-24-26(33)31(27(37)38-24)17-9-10-18(28)19(29)14-17/h4-14H,3,15H2,1-2H3,(H,30,32). The number of halogens is 2. The van der Waals surface area contributed by atoms with Gasteiger partial charge in [-0.15, -0.1) is 0 Å². The molecule has 38 heavy (non-hydrogen) atoms. The van der Waals surface area contributed by atoms with Crippen molar-refractivity contribution >= 4 is 85.1 Å². The lowest BCUT2D eigenvalue weighted by atomic mass is 10.1. The first-order chi connectivity index (χ1) is 18.3. The smallest absolute Gasteiger partial charge is 0.270 e. The number of carbonyl (C=O) groups excluding carboxylic acids is 2. The van der Waals surface area contributed by atoms with Gasteiger partial charge in [-0.2, -0.15) is 0 Å². The normalized spacial score (nSPS) is 14.1. The Hall–Kier alpha value is -3.05. The highest BCUT2D eigenvalue weighted by atomic mass is 79.9. The van der Waals surface area contributed by atoms with Crippen LogP contribution >= 0.6 is 51.5 Å². The quantitative estimate of drug-likeness (QED) is 0.202. The minimum absolute atomic E-state index is 0.230. The van der Waals surface area contributed by atoms with E-state index in [1.165, 1.54) is 23.8 Å². The van der Waals surface area contributed by atoms with Gasteiger partial charge in [-0.25, -0.2) is 0 Å². The molecule has 196 valence electrons. The molecule has 11 heteroatoms. The summed E-state index contributed by atoms with van der Waals surface area (Å²) in [6.07, 6.45) is 1.74. The second-order valence-corrected chi connectivity index (χ2v) is 10.7. The monoisotopic (exact) mass is 632 g/mol. The topological polar surface area (TPSA) is 77.1 Å². The number of nitrogens with one attached hydrogen (secondary N) is 1.